The largest absolute Gasteiger partial charge is 0.417 e. The molecule has 0 radical (unpaired) electrons. The Labute approximate surface area is 119 Å². The van der Waals surface area contributed by atoms with Gasteiger partial charge in [-0.15, -0.1) is 0 Å². The Balaban J connectivity index is 1.80. The number of hydrogen-bond donors (Lipinski definition) is 1. The van der Waals surface area contributed by atoms with E-state index in [1.807, 2.05) is 0 Å². The summed E-state index contributed by atoms with van der Waals surface area (Å²) >= 11 is 0. The topological polar surface area (TPSA) is 56.2 Å². The second-order valence-electron chi connectivity index (χ2n) is 4.52. The Morgan fingerprint density at radius 3 is 2.81 bits per heavy atom. The molecule has 0 saturated carbocycles. The van der Waals surface area contributed by atoms with Crippen LogP contribution in [0.4, 0.5) is 14.9 Å². The maximum absolute atomic E-state index is 13.9. The Bertz CT molecular complexity index is 799. The lowest BCUT2D eigenvalue weighted by Gasteiger charge is -2.07. The highest BCUT2D eigenvalue weighted by Crippen LogP contribution is 2.22. The minimum Gasteiger partial charge on any atom is -0.410 e. The van der Waals surface area contributed by atoms with Gasteiger partial charge < -0.3 is 4.74 Å². The van der Waals surface area contributed by atoms with Crippen molar-refractivity contribution in [2.24, 2.45) is 7.05 Å². The van der Waals surface area contributed by atoms with Gasteiger partial charge in [-0.3, -0.25) is 10.00 Å². The number of rotatable bonds is 2. The monoisotopic (exact) mass is 285 g/mol. The molecule has 0 aliphatic carbocycles. The molecular formula is C15H12FN3O2. The lowest BCUT2D eigenvalue weighted by molar-refractivity contribution is 0.215. The lowest BCUT2D eigenvalue weighted by Crippen LogP contribution is -2.17. The van der Waals surface area contributed by atoms with Crippen LogP contribution in [-0.4, -0.2) is 15.9 Å². The molecule has 0 fully saturated rings. The van der Waals surface area contributed by atoms with E-state index in [-0.39, 0.29) is 5.69 Å². The van der Waals surface area contributed by atoms with E-state index in [2.05, 4.69) is 10.4 Å². The molecule has 1 amide bonds. The standard InChI is InChI=1S/C15H12FN3O2/c1-19-9-10-7-14(12(16)8-13(10)18-19)17-15(20)21-11-5-3-2-4-6-11/h2-9H,1H3,(H,17,20). The molecule has 6 heteroatoms. The molecule has 21 heavy (non-hydrogen) atoms. The molecule has 0 saturated heterocycles. The number of carbonyl (C=O) groups is 1. The molecule has 0 atom stereocenters. The number of benzene rings is 2. The number of nitrogens with one attached hydrogen (secondary N) is 1. The summed E-state index contributed by atoms with van der Waals surface area (Å²) in [5.74, 6) is -0.177. The third kappa shape index (κ3) is 2.84. The van der Waals surface area contributed by atoms with Crippen LogP contribution < -0.4 is 10.1 Å². The van der Waals surface area contributed by atoms with Crippen molar-refractivity contribution in [1.82, 2.24) is 9.78 Å². The minimum absolute atomic E-state index is 0.0523. The van der Waals surface area contributed by atoms with Crippen LogP contribution in [0, 0.1) is 5.82 Å². The summed E-state index contributed by atoms with van der Waals surface area (Å²) in [6, 6.07) is 11.4. The first kappa shape index (κ1) is 13.1. The van der Waals surface area contributed by atoms with Crippen LogP contribution in [0.25, 0.3) is 10.9 Å². The summed E-state index contributed by atoms with van der Waals surface area (Å²) in [5.41, 5.74) is 0.577. The van der Waals surface area contributed by atoms with Crippen LogP contribution in [0.5, 0.6) is 5.75 Å². The van der Waals surface area contributed by atoms with Gasteiger partial charge in [0.05, 0.1) is 11.2 Å². The van der Waals surface area contributed by atoms with Crippen LogP contribution in [0.15, 0.2) is 48.7 Å². The number of hydrogen-bond acceptors (Lipinski definition) is 3. The van der Waals surface area contributed by atoms with E-state index < -0.39 is 11.9 Å². The predicted molar refractivity (Wildman–Crippen MR) is 76.8 cm³/mol. The fraction of sp³-hybridized carbons (Fsp3) is 0.0667. The quantitative estimate of drug-likeness (QED) is 0.785. The molecule has 2 aromatic carbocycles. The van der Waals surface area contributed by atoms with Gasteiger partial charge in [0.2, 0.25) is 0 Å². The smallest absolute Gasteiger partial charge is 0.410 e. The van der Waals surface area contributed by atoms with Gasteiger partial charge in [-0.25, -0.2) is 9.18 Å². The number of para-hydroxylation sites is 1. The van der Waals surface area contributed by atoms with E-state index in [0.29, 0.717) is 11.3 Å². The van der Waals surface area contributed by atoms with Gasteiger partial charge in [-0.1, -0.05) is 18.2 Å². The van der Waals surface area contributed by atoms with E-state index in [9.17, 15) is 9.18 Å². The van der Waals surface area contributed by atoms with Crippen molar-refractivity contribution in [1.29, 1.82) is 0 Å². The molecule has 5 nitrogen and oxygen atoms in total. The minimum atomic E-state index is -0.747. The van der Waals surface area contributed by atoms with Crippen molar-refractivity contribution in [3.63, 3.8) is 0 Å². The summed E-state index contributed by atoms with van der Waals surface area (Å²) in [6.45, 7) is 0. The van der Waals surface area contributed by atoms with Crippen LogP contribution in [0.3, 0.4) is 0 Å². The molecular weight excluding hydrogens is 273 g/mol. The molecule has 3 rings (SSSR count). The number of fused-ring (bicyclic) bond motifs is 1. The molecule has 0 bridgehead atoms. The molecule has 0 aliphatic rings. The van der Waals surface area contributed by atoms with Gasteiger partial charge in [0.1, 0.15) is 11.6 Å². The number of aromatic nitrogens is 2. The number of ether oxygens (including phenoxy) is 1. The third-order valence-corrected chi connectivity index (χ3v) is 2.90. The van der Waals surface area contributed by atoms with Crippen LogP contribution in [-0.2, 0) is 7.05 Å². The van der Waals surface area contributed by atoms with E-state index >= 15 is 0 Å². The molecule has 106 valence electrons. The molecule has 0 spiro atoms. The van der Waals surface area contributed by atoms with E-state index in [4.69, 9.17) is 4.74 Å². The van der Waals surface area contributed by atoms with Crippen LogP contribution in [0.1, 0.15) is 0 Å². The summed E-state index contributed by atoms with van der Waals surface area (Å²) in [5, 5.41) is 7.21. The molecule has 1 aromatic heterocycles. The zero-order valence-corrected chi connectivity index (χ0v) is 11.2. The molecule has 0 aliphatic heterocycles. The average Bonchev–Trinajstić information content (AvgIpc) is 2.79. The van der Waals surface area contributed by atoms with Gasteiger partial charge in [0.15, 0.2) is 0 Å². The summed E-state index contributed by atoms with van der Waals surface area (Å²) in [4.78, 5) is 11.8. The normalized spacial score (nSPS) is 10.6. The van der Waals surface area contributed by atoms with E-state index in [0.717, 1.165) is 5.39 Å². The summed E-state index contributed by atoms with van der Waals surface area (Å²) in [6.07, 6.45) is 0.992. The number of amides is 1. The molecule has 1 heterocycles. The van der Waals surface area contributed by atoms with Gasteiger partial charge in [-0.2, -0.15) is 5.10 Å². The number of nitrogens with zero attached hydrogens (tertiary/aromatic N) is 2. The van der Waals surface area contributed by atoms with Crippen molar-refractivity contribution >= 4 is 22.7 Å². The maximum atomic E-state index is 13.9. The van der Waals surface area contributed by atoms with Crippen molar-refractivity contribution < 1.29 is 13.9 Å². The van der Waals surface area contributed by atoms with Crippen molar-refractivity contribution in [2.45, 2.75) is 0 Å². The maximum Gasteiger partial charge on any atom is 0.417 e. The highest BCUT2D eigenvalue weighted by Gasteiger charge is 2.11. The Hall–Kier alpha value is -2.89. The van der Waals surface area contributed by atoms with Crippen LogP contribution in [0.2, 0.25) is 0 Å². The summed E-state index contributed by atoms with van der Waals surface area (Å²) < 4.78 is 20.5. The first-order valence-corrected chi connectivity index (χ1v) is 6.28. The third-order valence-electron chi connectivity index (χ3n) is 2.90. The zero-order valence-electron chi connectivity index (χ0n) is 11.2. The van der Waals surface area contributed by atoms with Crippen molar-refractivity contribution in [2.75, 3.05) is 5.32 Å². The van der Waals surface area contributed by atoms with Crippen molar-refractivity contribution in [3.8, 4) is 5.75 Å². The van der Waals surface area contributed by atoms with Crippen LogP contribution >= 0.6 is 0 Å². The predicted octanol–water partition coefficient (Wildman–Crippen LogP) is 3.32. The number of anilines is 1. The highest BCUT2D eigenvalue weighted by molar-refractivity contribution is 5.90. The number of halogens is 1. The second-order valence-corrected chi connectivity index (χ2v) is 4.52. The molecule has 3 aromatic rings. The number of carbonyl (C=O) groups excluding carboxylic acids is 1. The van der Waals surface area contributed by atoms with E-state index in [1.54, 1.807) is 48.3 Å². The van der Waals surface area contributed by atoms with E-state index in [1.165, 1.54) is 12.1 Å². The first-order chi connectivity index (χ1) is 10.1. The molecule has 1 N–H and O–H groups in total. The average molecular weight is 285 g/mol. The van der Waals surface area contributed by atoms with Gasteiger partial charge >= 0.3 is 6.09 Å². The Morgan fingerprint density at radius 2 is 2.05 bits per heavy atom. The fourth-order valence-corrected chi connectivity index (χ4v) is 2.00. The SMILES string of the molecule is Cn1cc2cc(NC(=O)Oc3ccccc3)c(F)cc2n1. The zero-order chi connectivity index (χ0) is 14.8. The number of aryl methyl sites for hydroxylation is 1. The van der Waals surface area contributed by atoms with Crippen molar-refractivity contribution in [3.05, 3.63) is 54.5 Å². The first-order valence-electron chi connectivity index (χ1n) is 6.28. The fourth-order valence-electron chi connectivity index (χ4n) is 2.00. The molecule has 0 unspecified atom stereocenters. The van der Waals surface area contributed by atoms with Gasteiger partial charge in [-0.05, 0) is 18.2 Å². The lowest BCUT2D eigenvalue weighted by atomic mass is 10.2. The van der Waals surface area contributed by atoms with Gasteiger partial charge in [0.25, 0.3) is 0 Å². The van der Waals surface area contributed by atoms with Gasteiger partial charge in [0, 0.05) is 24.7 Å². The Morgan fingerprint density at radius 1 is 1.29 bits per heavy atom. The Kier molecular flexibility index (Phi) is 3.27. The highest BCUT2D eigenvalue weighted by atomic mass is 19.1. The second kappa shape index (κ2) is 5.24. The summed E-state index contributed by atoms with van der Waals surface area (Å²) in [7, 11) is 1.74.